The summed E-state index contributed by atoms with van der Waals surface area (Å²) in [6.07, 6.45) is 3.78. The Morgan fingerprint density at radius 3 is 2.82 bits per heavy atom. The number of aromatic amines is 1. The highest BCUT2D eigenvalue weighted by atomic mass is 127. The molecule has 2 heterocycles. The van der Waals surface area contributed by atoms with Crippen molar-refractivity contribution in [2.75, 3.05) is 18.0 Å². The molecular formula is C11H15BrIN3O. The van der Waals surface area contributed by atoms with Crippen LogP contribution in [0.4, 0.5) is 5.82 Å². The molecule has 94 valence electrons. The minimum Gasteiger partial charge on any atom is -0.356 e. The van der Waals surface area contributed by atoms with E-state index >= 15 is 0 Å². The summed E-state index contributed by atoms with van der Waals surface area (Å²) in [5.41, 5.74) is -0.0495. The van der Waals surface area contributed by atoms with Gasteiger partial charge in [-0.05, 0) is 41.4 Å². The first-order valence-electron chi connectivity index (χ1n) is 5.72. The van der Waals surface area contributed by atoms with E-state index < -0.39 is 0 Å². The van der Waals surface area contributed by atoms with E-state index in [2.05, 4.69) is 60.3 Å². The van der Waals surface area contributed by atoms with Crippen molar-refractivity contribution >= 4 is 44.3 Å². The van der Waals surface area contributed by atoms with E-state index in [-0.39, 0.29) is 5.56 Å². The zero-order valence-corrected chi connectivity index (χ0v) is 13.4. The molecule has 0 aliphatic carbocycles. The zero-order chi connectivity index (χ0) is 12.4. The van der Waals surface area contributed by atoms with Gasteiger partial charge in [-0.25, -0.2) is 4.98 Å². The van der Waals surface area contributed by atoms with Crippen LogP contribution < -0.4 is 10.5 Å². The Morgan fingerprint density at radius 2 is 2.24 bits per heavy atom. The topological polar surface area (TPSA) is 49.0 Å². The molecule has 1 aromatic heterocycles. The molecule has 0 bridgehead atoms. The van der Waals surface area contributed by atoms with Crippen LogP contribution in [-0.2, 0) is 0 Å². The van der Waals surface area contributed by atoms with Gasteiger partial charge >= 0.3 is 0 Å². The lowest BCUT2D eigenvalue weighted by molar-refractivity contribution is 0.405. The van der Waals surface area contributed by atoms with E-state index in [1.165, 1.54) is 6.33 Å². The number of alkyl halides is 1. The van der Waals surface area contributed by atoms with Gasteiger partial charge < -0.3 is 9.88 Å². The molecule has 2 rings (SSSR count). The highest BCUT2D eigenvalue weighted by molar-refractivity contribution is 14.1. The molecule has 4 nitrogen and oxygen atoms in total. The van der Waals surface area contributed by atoms with Crippen LogP contribution in [0.3, 0.4) is 0 Å². The molecule has 1 aliphatic rings. The van der Waals surface area contributed by atoms with Crippen LogP contribution in [0.25, 0.3) is 0 Å². The van der Waals surface area contributed by atoms with E-state index in [0.29, 0.717) is 8.40 Å². The first kappa shape index (κ1) is 13.3. The summed E-state index contributed by atoms with van der Waals surface area (Å²) in [6.45, 7) is 4.16. The molecule has 6 heteroatoms. The second-order valence-electron chi connectivity index (χ2n) is 4.37. The summed E-state index contributed by atoms with van der Waals surface area (Å²) < 4.78 is 0.690. The van der Waals surface area contributed by atoms with Crippen molar-refractivity contribution in [3.8, 4) is 0 Å². The lowest BCUT2D eigenvalue weighted by Gasteiger charge is -2.34. The van der Waals surface area contributed by atoms with E-state index in [0.717, 1.165) is 37.7 Å². The summed E-state index contributed by atoms with van der Waals surface area (Å²) in [4.78, 5) is 21.2. The molecule has 1 aliphatic heterocycles. The van der Waals surface area contributed by atoms with Crippen molar-refractivity contribution in [1.82, 2.24) is 9.97 Å². The van der Waals surface area contributed by atoms with Gasteiger partial charge in [0.05, 0.1) is 6.33 Å². The number of hydrogen-bond donors (Lipinski definition) is 1. The van der Waals surface area contributed by atoms with Crippen molar-refractivity contribution in [1.29, 1.82) is 0 Å². The monoisotopic (exact) mass is 411 g/mol. The zero-order valence-electron chi connectivity index (χ0n) is 9.62. The van der Waals surface area contributed by atoms with Crippen LogP contribution in [-0.4, -0.2) is 27.9 Å². The minimum atomic E-state index is -0.0495. The molecule has 1 unspecified atom stereocenters. The summed E-state index contributed by atoms with van der Waals surface area (Å²) in [5, 5.41) is 0. The number of anilines is 1. The Morgan fingerprint density at radius 1 is 1.59 bits per heavy atom. The molecule has 0 amide bonds. The largest absolute Gasteiger partial charge is 0.356 e. The molecule has 1 aromatic rings. The third-order valence-electron chi connectivity index (χ3n) is 3.27. The standard InChI is InChI=1S/C11H15BrIN3O/c1-7(12)8-2-4-16(5-3-8)10-9(13)11(17)15-6-14-10/h6-8H,2-5H2,1H3,(H,14,15,17). The number of nitrogens with one attached hydrogen (secondary N) is 1. The number of rotatable bonds is 2. The number of H-pyrrole nitrogens is 1. The number of nitrogens with zero attached hydrogens (tertiary/aromatic N) is 2. The van der Waals surface area contributed by atoms with Crippen molar-refractivity contribution in [3.05, 3.63) is 20.3 Å². The molecule has 1 fully saturated rings. The van der Waals surface area contributed by atoms with Crippen LogP contribution in [0.1, 0.15) is 19.8 Å². The van der Waals surface area contributed by atoms with Crippen LogP contribution in [0, 0.1) is 9.49 Å². The van der Waals surface area contributed by atoms with Gasteiger partial charge in [0.2, 0.25) is 0 Å². The van der Waals surface area contributed by atoms with Gasteiger partial charge in [0, 0.05) is 17.9 Å². The Kier molecular flexibility index (Phi) is 4.46. The van der Waals surface area contributed by atoms with Gasteiger partial charge in [-0.3, -0.25) is 4.79 Å². The molecule has 1 saturated heterocycles. The lowest BCUT2D eigenvalue weighted by atomic mass is 9.94. The molecule has 1 atom stereocenters. The number of halogens is 2. The van der Waals surface area contributed by atoms with Gasteiger partial charge in [-0.2, -0.15) is 0 Å². The second kappa shape index (κ2) is 5.69. The highest BCUT2D eigenvalue weighted by Gasteiger charge is 2.24. The van der Waals surface area contributed by atoms with Gasteiger partial charge in [0.1, 0.15) is 9.39 Å². The fourth-order valence-corrected chi connectivity index (χ4v) is 3.33. The van der Waals surface area contributed by atoms with Crippen molar-refractivity contribution in [3.63, 3.8) is 0 Å². The number of aromatic nitrogens is 2. The average Bonchev–Trinajstić information content (AvgIpc) is 2.33. The van der Waals surface area contributed by atoms with Crippen molar-refractivity contribution < 1.29 is 0 Å². The lowest BCUT2D eigenvalue weighted by Crippen LogP contribution is -2.37. The maximum Gasteiger partial charge on any atom is 0.266 e. The predicted molar refractivity (Wildman–Crippen MR) is 80.9 cm³/mol. The highest BCUT2D eigenvalue weighted by Crippen LogP contribution is 2.28. The van der Waals surface area contributed by atoms with Gasteiger partial charge in [-0.15, -0.1) is 0 Å². The quantitative estimate of drug-likeness (QED) is 0.600. The van der Waals surface area contributed by atoms with Gasteiger partial charge in [-0.1, -0.05) is 22.9 Å². The van der Waals surface area contributed by atoms with Crippen LogP contribution in [0.15, 0.2) is 11.1 Å². The van der Waals surface area contributed by atoms with Gasteiger partial charge in [0.25, 0.3) is 5.56 Å². The minimum absolute atomic E-state index is 0.0495. The third-order valence-corrected chi connectivity index (χ3v) is 4.99. The number of hydrogen-bond acceptors (Lipinski definition) is 3. The van der Waals surface area contributed by atoms with Gasteiger partial charge in [0.15, 0.2) is 0 Å². The molecular weight excluding hydrogens is 397 g/mol. The SMILES string of the molecule is CC(Br)C1CCN(c2nc[nH]c(=O)c2I)CC1. The molecule has 17 heavy (non-hydrogen) atoms. The normalized spacial score (nSPS) is 19.4. The summed E-state index contributed by atoms with van der Waals surface area (Å²) in [5.74, 6) is 1.56. The Hall–Kier alpha value is -0.110. The molecule has 0 saturated carbocycles. The first-order chi connectivity index (χ1) is 8.09. The van der Waals surface area contributed by atoms with Crippen LogP contribution in [0.5, 0.6) is 0 Å². The van der Waals surface area contributed by atoms with E-state index in [1.807, 2.05) is 0 Å². The maximum absolute atomic E-state index is 11.5. The Balaban J connectivity index is 2.11. The van der Waals surface area contributed by atoms with E-state index in [1.54, 1.807) is 0 Å². The second-order valence-corrected chi connectivity index (χ2v) is 6.89. The predicted octanol–water partition coefficient (Wildman–Crippen LogP) is 2.37. The molecule has 0 spiro atoms. The van der Waals surface area contributed by atoms with Crippen molar-refractivity contribution in [2.45, 2.75) is 24.6 Å². The first-order valence-corrected chi connectivity index (χ1v) is 7.71. The number of piperidine rings is 1. The molecule has 0 aromatic carbocycles. The molecule has 0 radical (unpaired) electrons. The fraction of sp³-hybridized carbons (Fsp3) is 0.636. The Labute approximate surface area is 122 Å². The maximum atomic E-state index is 11.5. The van der Waals surface area contributed by atoms with E-state index in [9.17, 15) is 4.79 Å². The summed E-state index contributed by atoms with van der Waals surface area (Å²) >= 11 is 5.72. The Bertz CT molecular complexity index is 441. The molecule has 1 N–H and O–H groups in total. The third kappa shape index (κ3) is 3.01. The average molecular weight is 412 g/mol. The van der Waals surface area contributed by atoms with E-state index in [4.69, 9.17) is 0 Å². The summed E-state index contributed by atoms with van der Waals surface area (Å²) in [6, 6.07) is 0. The smallest absolute Gasteiger partial charge is 0.266 e. The van der Waals surface area contributed by atoms with Crippen LogP contribution >= 0.6 is 38.5 Å². The van der Waals surface area contributed by atoms with Crippen LogP contribution in [0.2, 0.25) is 0 Å². The summed E-state index contributed by atoms with van der Waals surface area (Å²) in [7, 11) is 0. The fourth-order valence-electron chi connectivity index (χ4n) is 2.16. The van der Waals surface area contributed by atoms with Crippen molar-refractivity contribution in [2.24, 2.45) is 5.92 Å².